The largest absolute Gasteiger partial charge is 0.465 e. The van der Waals surface area contributed by atoms with Crippen molar-refractivity contribution in [3.8, 4) is 0 Å². The Balaban J connectivity index is 2.39. The highest BCUT2D eigenvalue weighted by atomic mass is 19.2. The van der Waals surface area contributed by atoms with Crippen molar-refractivity contribution in [2.75, 3.05) is 25.6 Å². The van der Waals surface area contributed by atoms with E-state index in [-0.39, 0.29) is 17.8 Å². The molecule has 0 aromatic heterocycles. The fraction of sp³-hybridized carbons (Fsp3) is 0.214. The Hall–Kier alpha value is -2.81. The van der Waals surface area contributed by atoms with Crippen LogP contribution in [0.5, 0.6) is 0 Å². The first-order valence-electron chi connectivity index (χ1n) is 6.42. The minimum absolute atomic E-state index is 0.241. The van der Waals surface area contributed by atoms with E-state index in [1.165, 1.54) is 0 Å². The van der Waals surface area contributed by atoms with Gasteiger partial charge in [0.2, 0.25) is 0 Å². The van der Waals surface area contributed by atoms with Gasteiger partial charge in [0.05, 0.1) is 31.5 Å². The number of rotatable bonds is 5. The molecule has 0 unspecified atom stereocenters. The lowest BCUT2D eigenvalue weighted by atomic mass is 10.1. The molecule has 2 rings (SSSR count). The second kappa shape index (κ2) is 6.53. The zero-order valence-corrected chi connectivity index (χ0v) is 11.9. The number of aliphatic hydroxyl groups is 1. The zero-order chi connectivity index (χ0) is 17.1. The smallest absolute Gasteiger partial charge is 0.340 e. The monoisotopic (exact) mass is 326 g/mol. The van der Waals surface area contributed by atoms with Crippen LogP contribution >= 0.6 is 0 Å². The molecular weight excluding hydrogens is 314 g/mol. The van der Waals surface area contributed by atoms with Crippen molar-refractivity contribution >= 4 is 23.5 Å². The number of hydrogen-bond acceptors (Lipinski definition) is 6. The Labute approximate surface area is 129 Å². The number of methoxy groups -OCH3 is 1. The van der Waals surface area contributed by atoms with E-state index in [9.17, 15) is 23.2 Å². The third-order valence-electron chi connectivity index (χ3n) is 3.09. The van der Waals surface area contributed by atoms with Gasteiger partial charge in [0.25, 0.3) is 11.8 Å². The van der Waals surface area contributed by atoms with Gasteiger partial charge in [-0.15, -0.1) is 0 Å². The van der Waals surface area contributed by atoms with Crippen LogP contribution in [-0.2, 0) is 14.3 Å². The molecule has 1 heterocycles. The lowest BCUT2D eigenvalue weighted by Gasteiger charge is -2.15. The van der Waals surface area contributed by atoms with Gasteiger partial charge in [-0.3, -0.25) is 14.5 Å². The second-order valence-electron chi connectivity index (χ2n) is 4.48. The number of carbonyl (C=O) groups is 3. The van der Waals surface area contributed by atoms with E-state index >= 15 is 0 Å². The lowest BCUT2D eigenvalue weighted by molar-refractivity contribution is -0.137. The molecule has 2 N–H and O–H groups in total. The SMILES string of the molecule is COC(=O)c1ccc(F)c(F)c1NC1=CC(=O)N(CCO)C1=O. The molecule has 0 aliphatic carbocycles. The first-order valence-corrected chi connectivity index (χ1v) is 6.42. The number of nitrogens with zero attached hydrogens (tertiary/aromatic N) is 1. The molecule has 0 saturated carbocycles. The first-order chi connectivity index (χ1) is 10.9. The molecule has 7 nitrogen and oxygen atoms in total. The van der Waals surface area contributed by atoms with Gasteiger partial charge in [-0.2, -0.15) is 0 Å². The molecule has 0 radical (unpaired) electrons. The Kier molecular flexibility index (Phi) is 4.70. The van der Waals surface area contributed by atoms with Crippen LogP contribution < -0.4 is 5.32 Å². The van der Waals surface area contributed by atoms with Gasteiger partial charge in [-0.05, 0) is 12.1 Å². The second-order valence-corrected chi connectivity index (χ2v) is 4.48. The molecule has 9 heteroatoms. The molecular formula is C14H12F2N2O5. The average Bonchev–Trinajstić information content (AvgIpc) is 2.79. The van der Waals surface area contributed by atoms with Crippen LogP contribution in [0.3, 0.4) is 0 Å². The summed E-state index contributed by atoms with van der Waals surface area (Å²) in [6, 6.07) is 1.72. The maximum absolute atomic E-state index is 14.0. The molecule has 1 aliphatic rings. The zero-order valence-electron chi connectivity index (χ0n) is 11.9. The number of carbonyl (C=O) groups excluding carboxylic acids is 3. The summed E-state index contributed by atoms with van der Waals surface area (Å²) in [4.78, 5) is 35.9. The standard InChI is InChI=1S/C14H12F2N2O5/c1-23-14(22)7-2-3-8(15)11(16)12(7)17-9-6-10(20)18(4-5-19)13(9)21/h2-3,6,17,19H,4-5H2,1H3. The Bertz CT molecular complexity index is 717. The normalized spacial score (nSPS) is 14.1. The highest BCUT2D eigenvalue weighted by Gasteiger charge is 2.32. The molecule has 2 amide bonds. The number of aliphatic hydroxyl groups excluding tert-OH is 1. The van der Waals surface area contributed by atoms with Crippen molar-refractivity contribution in [3.05, 3.63) is 41.1 Å². The summed E-state index contributed by atoms with van der Waals surface area (Å²) in [6.45, 7) is -0.685. The third kappa shape index (κ3) is 3.04. The molecule has 0 bridgehead atoms. The highest BCUT2D eigenvalue weighted by Crippen LogP contribution is 2.26. The summed E-state index contributed by atoms with van der Waals surface area (Å²) in [7, 11) is 1.06. The summed E-state index contributed by atoms with van der Waals surface area (Å²) < 4.78 is 31.8. The number of esters is 1. The van der Waals surface area contributed by atoms with E-state index < -0.39 is 41.7 Å². The van der Waals surface area contributed by atoms with Crippen LogP contribution in [0.4, 0.5) is 14.5 Å². The number of benzene rings is 1. The van der Waals surface area contributed by atoms with Crippen LogP contribution in [0, 0.1) is 11.6 Å². The molecule has 1 aromatic carbocycles. The van der Waals surface area contributed by atoms with Gasteiger partial charge >= 0.3 is 5.97 Å². The number of ether oxygens (including phenoxy) is 1. The Morgan fingerprint density at radius 3 is 2.65 bits per heavy atom. The van der Waals surface area contributed by atoms with Crippen molar-refractivity contribution in [1.29, 1.82) is 0 Å². The highest BCUT2D eigenvalue weighted by molar-refractivity contribution is 6.17. The topological polar surface area (TPSA) is 95.9 Å². The van der Waals surface area contributed by atoms with E-state index in [0.29, 0.717) is 0 Å². The molecule has 122 valence electrons. The van der Waals surface area contributed by atoms with E-state index in [2.05, 4.69) is 10.1 Å². The molecule has 1 aliphatic heterocycles. The first kappa shape index (κ1) is 16.6. The predicted molar refractivity (Wildman–Crippen MR) is 73.2 cm³/mol. The fourth-order valence-corrected chi connectivity index (χ4v) is 2.00. The fourth-order valence-electron chi connectivity index (χ4n) is 2.00. The van der Waals surface area contributed by atoms with Crippen molar-refractivity contribution in [2.45, 2.75) is 0 Å². The van der Waals surface area contributed by atoms with Gasteiger partial charge in [0.15, 0.2) is 11.6 Å². The summed E-state index contributed by atoms with van der Waals surface area (Å²) in [5.74, 6) is -5.14. The van der Waals surface area contributed by atoms with Gasteiger partial charge < -0.3 is 15.2 Å². The maximum Gasteiger partial charge on any atom is 0.340 e. The molecule has 0 atom stereocenters. The summed E-state index contributed by atoms with van der Waals surface area (Å²) in [5, 5.41) is 11.1. The van der Waals surface area contributed by atoms with Crippen molar-refractivity contribution in [3.63, 3.8) is 0 Å². The Morgan fingerprint density at radius 2 is 2.04 bits per heavy atom. The van der Waals surface area contributed by atoms with Gasteiger partial charge in [0.1, 0.15) is 5.70 Å². The predicted octanol–water partition coefficient (Wildman–Crippen LogP) is 0.408. The quantitative estimate of drug-likeness (QED) is 0.601. The average molecular weight is 326 g/mol. The maximum atomic E-state index is 14.0. The molecule has 1 aromatic rings. The van der Waals surface area contributed by atoms with Gasteiger partial charge in [0, 0.05) is 6.08 Å². The third-order valence-corrected chi connectivity index (χ3v) is 3.09. The number of imide groups is 1. The van der Waals surface area contributed by atoms with Gasteiger partial charge in [-0.25, -0.2) is 13.6 Å². The van der Waals surface area contributed by atoms with Crippen molar-refractivity contribution in [2.24, 2.45) is 0 Å². The summed E-state index contributed by atoms with van der Waals surface area (Å²) >= 11 is 0. The number of β-amino-alcohol motifs (C(OH)–C–C–N with tert-alkyl or cyclic N) is 1. The van der Waals surface area contributed by atoms with E-state index in [4.69, 9.17) is 5.11 Å². The molecule has 0 fully saturated rings. The van der Waals surface area contributed by atoms with Crippen LogP contribution in [-0.4, -0.2) is 48.1 Å². The van der Waals surface area contributed by atoms with Crippen molar-refractivity contribution in [1.82, 2.24) is 4.90 Å². The van der Waals surface area contributed by atoms with Crippen LogP contribution in [0.25, 0.3) is 0 Å². The number of hydrogen-bond donors (Lipinski definition) is 2. The van der Waals surface area contributed by atoms with Crippen LogP contribution in [0.1, 0.15) is 10.4 Å². The summed E-state index contributed by atoms with van der Waals surface area (Å²) in [6.07, 6.45) is 0.864. The number of anilines is 1. The molecule has 23 heavy (non-hydrogen) atoms. The lowest BCUT2D eigenvalue weighted by Crippen LogP contribution is -2.34. The Morgan fingerprint density at radius 1 is 1.35 bits per heavy atom. The number of amides is 2. The number of halogens is 2. The molecule has 0 saturated heterocycles. The van der Waals surface area contributed by atoms with Crippen LogP contribution in [0.15, 0.2) is 23.9 Å². The van der Waals surface area contributed by atoms with E-state index in [1.807, 2.05) is 0 Å². The molecule has 0 spiro atoms. The number of nitrogens with one attached hydrogen (secondary N) is 1. The van der Waals surface area contributed by atoms with Gasteiger partial charge in [-0.1, -0.05) is 0 Å². The van der Waals surface area contributed by atoms with E-state index in [1.54, 1.807) is 0 Å². The summed E-state index contributed by atoms with van der Waals surface area (Å²) in [5.41, 5.74) is -1.30. The van der Waals surface area contributed by atoms with E-state index in [0.717, 1.165) is 30.2 Å². The van der Waals surface area contributed by atoms with Crippen molar-refractivity contribution < 1.29 is 33.0 Å². The van der Waals surface area contributed by atoms with Crippen LogP contribution in [0.2, 0.25) is 0 Å². The minimum Gasteiger partial charge on any atom is -0.465 e. The minimum atomic E-state index is -1.39.